The molecule has 0 N–H and O–H groups in total. The van der Waals surface area contributed by atoms with Gasteiger partial charge in [0.05, 0.1) is 0 Å². The summed E-state index contributed by atoms with van der Waals surface area (Å²) in [5.41, 5.74) is 0. The molecule has 0 radical (unpaired) electrons. The largest absolute Gasteiger partial charge is 0.462 e. The van der Waals surface area contributed by atoms with Crippen LogP contribution in [0.5, 0.6) is 0 Å². The van der Waals surface area contributed by atoms with Crippen LogP contribution in [0.15, 0.2) is 60.8 Å². The van der Waals surface area contributed by atoms with Crippen LogP contribution in [0.1, 0.15) is 239 Å². The van der Waals surface area contributed by atoms with Gasteiger partial charge >= 0.3 is 17.9 Å². The second-order valence-electron chi connectivity index (χ2n) is 16.4. The molecule has 0 aliphatic rings. The first-order chi connectivity index (χ1) is 29.0. The van der Waals surface area contributed by atoms with Crippen molar-refractivity contribution in [2.24, 2.45) is 0 Å². The maximum absolute atomic E-state index is 12.8. The number of carbonyl (C=O) groups is 3. The van der Waals surface area contributed by atoms with E-state index in [-0.39, 0.29) is 31.1 Å². The molecular weight excluding hydrogens is 733 g/mol. The minimum Gasteiger partial charge on any atom is -0.462 e. The Morgan fingerprint density at radius 3 is 1.00 bits per heavy atom. The fraction of sp³-hybridized carbons (Fsp3) is 0.755. The fourth-order valence-corrected chi connectivity index (χ4v) is 6.66. The minimum atomic E-state index is -0.789. The average molecular weight is 825 g/mol. The van der Waals surface area contributed by atoms with Crippen molar-refractivity contribution in [1.82, 2.24) is 0 Å². The highest BCUT2D eigenvalue weighted by Gasteiger charge is 2.19. The molecule has 0 saturated heterocycles. The van der Waals surface area contributed by atoms with Crippen molar-refractivity contribution >= 4 is 17.9 Å². The third-order valence-corrected chi connectivity index (χ3v) is 10.5. The molecule has 6 nitrogen and oxygen atoms in total. The normalized spacial score (nSPS) is 12.5. The van der Waals surface area contributed by atoms with Crippen molar-refractivity contribution < 1.29 is 28.6 Å². The van der Waals surface area contributed by atoms with Gasteiger partial charge in [-0.15, -0.1) is 0 Å². The number of carbonyl (C=O) groups excluding carboxylic acids is 3. The summed E-state index contributed by atoms with van der Waals surface area (Å²) in [4.78, 5) is 37.9. The Kier molecular flexibility index (Phi) is 45.4. The summed E-state index contributed by atoms with van der Waals surface area (Å²) >= 11 is 0. The molecule has 0 rings (SSSR count). The third kappa shape index (κ3) is 46.0. The van der Waals surface area contributed by atoms with Gasteiger partial charge in [-0.2, -0.15) is 0 Å². The van der Waals surface area contributed by atoms with Crippen LogP contribution in [0.2, 0.25) is 0 Å². The second kappa shape index (κ2) is 47.8. The van der Waals surface area contributed by atoms with E-state index < -0.39 is 6.10 Å². The number of rotatable bonds is 44. The highest BCUT2D eigenvalue weighted by Crippen LogP contribution is 2.13. The zero-order chi connectivity index (χ0) is 43.0. The molecule has 0 aromatic rings. The monoisotopic (exact) mass is 825 g/mol. The van der Waals surface area contributed by atoms with Gasteiger partial charge in [0.25, 0.3) is 0 Å². The highest BCUT2D eigenvalue weighted by atomic mass is 16.6. The van der Waals surface area contributed by atoms with Crippen LogP contribution in [-0.4, -0.2) is 37.2 Å². The summed E-state index contributed by atoms with van der Waals surface area (Å²) in [5, 5.41) is 0. The molecule has 0 fully saturated rings. The first-order valence-corrected chi connectivity index (χ1v) is 24.8. The summed E-state index contributed by atoms with van der Waals surface area (Å²) in [6, 6.07) is 0. The van der Waals surface area contributed by atoms with Gasteiger partial charge in [0, 0.05) is 19.3 Å². The zero-order valence-corrected chi connectivity index (χ0v) is 38.8. The summed E-state index contributed by atoms with van der Waals surface area (Å²) in [5.74, 6) is -0.925. The van der Waals surface area contributed by atoms with Crippen molar-refractivity contribution in [2.45, 2.75) is 245 Å². The molecule has 1 atom stereocenters. The highest BCUT2D eigenvalue weighted by molar-refractivity contribution is 5.71. The Balaban J connectivity index is 4.44. The Bertz CT molecular complexity index is 1090. The van der Waals surface area contributed by atoms with Crippen LogP contribution in [0.25, 0.3) is 0 Å². The summed E-state index contributed by atoms with van der Waals surface area (Å²) in [6.07, 6.45) is 57.6. The van der Waals surface area contributed by atoms with Gasteiger partial charge in [0.2, 0.25) is 0 Å². The van der Waals surface area contributed by atoms with Gasteiger partial charge in [0.1, 0.15) is 13.2 Å². The molecule has 0 aromatic heterocycles. The van der Waals surface area contributed by atoms with Crippen molar-refractivity contribution in [1.29, 1.82) is 0 Å². The molecule has 0 aliphatic carbocycles. The number of ether oxygens (including phenoxy) is 3. The number of hydrogen-bond donors (Lipinski definition) is 0. The number of hydrogen-bond acceptors (Lipinski definition) is 6. The molecule has 340 valence electrons. The molecule has 0 spiro atoms. The molecule has 0 aliphatic heterocycles. The van der Waals surface area contributed by atoms with Crippen molar-refractivity contribution in [2.75, 3.05) is 13.2 Å². The van der Waals surface area contributed by atoms with Gasteiger partial charge < -0.3 is 14.2 Å². The SMILES string of the molecule is CCCC/C=C\C/C=C\CCCCCCCC(=O)O[C@@H](COC(=O)CCCCCCC/C=C\C/C=C\CCCCC)COC(=O)CCCCCCC/C=C\CCCCC. The molecule has 0 aromatic carbocycles. The number of allylic oxidation sites excluding steroid dienone is 10. The van der Waals surface area contributed by atoms with E-state index in [0.717, 1.165) is 109 Å². The predicted molar refractivity (Wildman–Crippen MR) is 251 cm³/mol. The summed E-state index contributed by atoms with van der Waals surface area (Å²) in [7, 11) is 0. The maximum atomic E-state index is 12.8. The Labute approximate surface area is 364 Å². The zero-order valence-electron chi connectivity index (χ0n) is 38.8. The topological polar surface area (TPSA) is 78.9 Å². The first-order valence-electron chi connectivity index (χ1n) is 24.8. The van der Waals surface area contributed by atoms with Crippen LogP contribution in [0, 0.1) is 0 Å². The molecule has 0 unspecified atom stereocenters. The lowest BCUT2D eigenvalue weighted by molar-refractivity contribution is -0.167. The lowest BCUT2D eigenvalue weighted by Crippen LogP contribution is -2.30. The van der Waals surface area contributed by atoms with Crippen molar-refractivity contribution in [3.63, 3.8) is 0 Å². The van der Waals surface area contributed by atoms with Crippen LogP contribution in [0.3, 0.4) is 0 Å². The van der Waals surface area contributed by atoms with Crippen LogP contribution < -0.4 is 0 Å². The van der Waals surface area contributed by atoms with E-state index in [1.807, 2.05) is 0 Å². The third-order valence-electron chi connectivity index (χ3n) is 10.5. The van der Waals surface area contributed by atoms with Gasteiger partial charge in [0.15, 0.2) is 6.10 Å². The van der Waals surface area contributed by atoms with Crippen LogP contribution in [-0.2, 0) is 28.6 Å². The summed E-state index contributed by atoms with van der Waals surface area (Å²) < 4.78 is 16.7. The van der Waals surface area contributed by atoms with Crippen LogP contribution >= 0.6 is 0 Å². The standard InChI is InChI=1S/C53H92O6/c1-4-7-10-13-16-19-22-25-27-29-31-34-37-40-43-46-52(55)58-49-50(48-57-51(54)45-42-39-36-33-30-24-21-18-15-12-9-6-3)59-53(56)47-44-41-38-35-32-28-26-23-20-17-14-11-8-5-2/h14,16-19,21,23,25-27,50H,4-13,15,20,22,24,28-49H2,1-3H3/b17-14-,19-16-,21-18-,26-23-,27-25-/t50-/m1/s1. The van der Waals surface area contributed by atoms with Gasteiger partial charge in [-0.1, -0.05) is 178 Å². The number of esters is 3. The lowest BCUT2D eigenvalue weighted by atomic mass is 10.1. The van der Waals surface area contributed by atoms with Gasteiger partial charge in [-0.3, -0.25) is 14.4 Å². The Morgan fingerprint density at radius 2 is 0.627 bits per heavy atom. The van der Waals surface area contributed by atoms with Gasteiger partial charge in [-0.25, -0.2) is 0 Å². The lowest BCUT2D eigenvalue weighted by Gasteiger charge is -2.18. The smallest absolute Gasteiger partial charge is 0.306 e. The minimum absolute atomic E-state index is 0.0891. The van der Waals surface area contributed by atoms with E-state index >= 15 is 0 Å². The first kappa shape index (κ1) is 56.1. The van der Waals surface area contributed by atoms with Gasteiger partial charge in [-0.05, 0) is 103 Å². The molecule has 0 amide bonds. The molecule has 59 heavy (non-hydrogen) atoms. The van der Waals surface area contributed by atoms with E-state index in [9.17, 15) is 14.4 Å². The molecule has 0 saturated carbocycles. The molecule has 0 bridgehead atoms. The summed E-state index contributed by atoms with van der Waals surface area (Å²) in [6.45, 7) is 6.51. The Hall–Kier alpha value is -2.89. The second-order valence-corrected chi connectivity index (χ2v) is 16.4. The Morgan fingerprint density at radius 1 is 0.339 bits per heavy atom. The maximum Gasteiger partial charge on any atom is 0.306 e. The molecule has 6 heteroatoms. The van der Waals surface area contributed by atoms with E-state index in [0.29, 0.717) is 19.3 Å². The van der Waals surface area contributed by atoms with E-state index in [1.165, 1.54) is 89.9 Å². The predicted octanol–water partition coefficient (Wildman–Crippen LogP) is 16.1. The van der Waals surface area contributed by atoms with Crippen molar-refractivity contribution in [3.8, 4) is 0 Å². The van der Waals surface area contributed by atoms with E-state index in [4.69, 9.17) is 14.2 Å². The van der Waals surface area contributed by atoms with E-state index in [1.54, 1.807) is 0 Å². The molecular formula is C53H92O6. The number of unbranched alkanes of at least 4 members (excludes halogenated alkanes) is 23. The van der Waals surface area contributed by atoms with Crippen molar-refractivity contribution in [3.05, 3.63) is 60.8 Å². The molecule has 0 heterocycles. The van der Waals surface area contributed by atoms with E-state index in [2.05, 4.69) is 81.5 Å². The average Bonchev–Trinajstić information content (AvgIpc) is 3.23. The van der Waals surface area contributed by atoms with Crippen LogP contribution in [0.4, 0.5) is 0 Å². The fourth-order valence-electron chi connectivity index (χ4n) is 6.66. The quantitative estimate of drug-likeness (QED) is 0.0263.